The van der Waals surface area contributed by atoms with Crippen LogP contribution in [0.15, 0.2) is 16.6 Å². The first-order chi connectivity index (χ1) is 8.60. The molecule has 0 spiro atoms. The van der Waals surface area contributed by atoms with Gasteiger partial charge >= 0.3 is 0 Å². The van der Waals surface area contributed by atoms with E-state index in [0.29, 0.717) is 12.1 Å². The number of hydrogen-bond donors (Lipinski definition) is 1. The summed E-state index contributed by atoms with van der Waals surface area (Å²) in [4.78, 5) is 0. The van der Waals surface area contributed by atoms with E-state index in [1.807, 2.05) is 6.07 Å². The number of anilines is 1. The Hall–Kier alpha value is -0.740. The molecule has 1 aromatic rings. The molecule has 100 valence electrons. The predicted octanol–water partition coefficient (Wildman–Crippen LogP) is 3.75. The standard InChI is InChI=1S/C14H20BrNO2/c1-9-6-11(15)8-13(17-3)14(9)16-12-4-5-18-10(2)7-12/h6,8,10,12,16H,4-5,7H2,1-3H3. The van der Waals surface area contributed by atoms with E-state index in [9.17, 15) is 0 Å². The van der Waals surface area contributed by atoms with Crippen LogP contribution < -0.4 is 10.1 Å². The molecule has 1 saturated heterocycles. The van der Waals surface area contributed by atoms with Crippen LogP contribution in [-0.2, 0) is 4.74 Å². The van der Waals surface area contributed by atoms with Crippen LogP contribution in [-0.4, -0.2) is 25.9 Å². The summed E-state index contributed by atoms with van der Waals surface area (Å²) in [6, 6.07) is 4.56. The Labute approximate surface area is 117 Å². The molecule has 3 nitrogen and oxygen atoms in total. The maximum absolute atomic E-state index is 5.57. The lowest BCUT2D eigenvalue weighted by atomic mass is 10.0. The summed E-state index contributed by atoms with van der Waals surface area (Å²) in [6.07, 6.45) is 2.42. The summed E-state index contributed by atoms with van der Waals surface area (Å²) >= 11 is 3.49. The van der Waals surface area contributed by atoms with Crippen LogP contribution in [0.5, 0.6) is 5.75 Å². The Morgan fingerprint density at radius 2 is 2.22 bits per heavy atom. The number of rotatable bonds is 3. The van der Waals surface area contributed by atoms with Crippen LogP contribution in [0.25, 0.3) is 0 Å². The zero-order chi connectivity index (χ0) is 13.1. The number of hydrogen-bond acceptors (Lipinski definition) is 3. The van der Waals surface area contributed by atoms with E-state index in [1.54, 1.807) is 7.11 Å². The van der Waals surface area contributed by atoms with Crippen molar-refractivity contribution in [3.63, 3.8) is 0 Å². The molecule has 2 rings (SSSR count). The molecule has 0 saturated carbocycles. The van der Waals surface area contributed by atoms with Crippen molar-refractivity contribution in [1.29, 1.82) is 0 Å². The van der Waals surface area contributed by atoms with Gasteiger partial charge in [0.2, 0.25) is 0 Å². The van der Waals surface area contributed by atoms with Crippen LogP contribution in [0.1, 0.15) is 25.3 Å². The monoisotopic (exact) mass is 313 g/mol. The van der Waals surface area contributed by atoms with Crippen LogP contribution in [0.2, 0.25) is 0 Å². The fourth-order valence-corrected chi connectivity index (χ4v) is 2.94. The van der Waals surface area contributed by atoms with E-state index in [-0.39, 0.29) is 0 Å². The van der Waals surface area contributed by atoms with E-state index in [2.05, 4.69) is 41.2 Å². The summed E-state index contributed by atoms with van der Waals surface area (Å²) in [5, 5.41) is 3.60. The smallest absolute Gasteiger partial charge is 0.143 e. The lowest BCUT2D eigenvalue weighted by Gasteiger charge is -2.29. The number of halogens is 1. The lowest BCUT2D eigenvalue weighted by Crippen LogP contribution is -2.32. The van der Waals surface area contributed by atoms with Crippen molar-refractivity contribution >= 4 is 21.6 Å². The first-order valence-corrected chi connectivity index (χ1v) is 7.11. The van der Waals surface area contributed by atoms with E-state index in [4.69, 9.17) is 9.47 Å². The quantitative estimate of drug-likeness (QED) is 0.922. The van der Waals surface area contributed by atoms with Crippen molar-refractivity contribution in [3.8, 4) is 5.75 Å². The van der Waals surface area contributed by atoms with Crippen molar-refractivity contribution in [1.82, 2.24) is 0 Å². The third kappa shape index (κ3) is 3.18. The summed E-state index contributed by atoms with van der Waals surface area (Å²) in [7, 11) is 1.71. The largest absolute Gasteiger partial charge is 0.495 e. The molecule has 0 aromatic heterocycles. The summed E-state index contributed by atoms with van der Waals surface area (Å²) in [5.74, 6) is 0.890. The third-order valence-electron chi connectivity index (χ3n) is 3.32. The molecule has 2 unspecified atom stereocenters. The van der Waals surface area contributed by atoms with Crippen LogP contribution >= 0.6 is 15.9 Å². The van der Waals surface area contributed by atoms with Crippen molar-refractivity contribution in [2.75, 3.05) is 19.0 Å². The zero-order valence-electron chi connectivity index (χ0n) is 11.1. The number of methoxy groups -OCH3 is 1. The minimum Gasteiger partial charge on any atom is -0.495 e. The maximum Gasteiger partial charge on any atom is 0.143 e. The highest BCUT2D eigenvalue weighted by Gasteiger charge is 2.21. The molecule has 1 fully saturated rings. The highest BCUT2D eigenvalue weighted by molar-refractivity contribution is 9.10. The van der Waals surface area contributed by atoms with Gasteiger partial charge in [-0.3, -0.25) is 0 Å². The van der Waals surface area contributed by atoms with Crippen LogP contribution in [0, 0.1) is 6.92 Å². The number of benzene rings is 1. The highest BCUT2D eigenvalue weighted by Crippen LogP contribution is 2.33. The molecular formula is C14H20BrNO2. The molecular weight excluding hydrogens is 294 g/mol. The van der Waals surface area contributed by atoms with Gasteiger partial charge in [-0.05, 0) is 44.4 Å². The number of ether oxygens (including phenoxy) is 2. The summed E-state index contributed by atoms with van der Waals surface area (Å²) < 4.78 is 12.1. The Morgan fingerprint density at radius 3 is 2.89 bits per heavy atom. The first kappa shape index (κ1) is 13.7. The average molecular weight is 314 g/mol. The van der Waals surface area contributed by atoms with Gasteiger partial charge in [0.1, 0.15) is 5.75 Å². The van der Waals surface area contributed by atoms with E-state index in [0.717, 1.165) is 35.4 Å². The minimum absolute atomic E-state index is 0.331. The predicted molar refractivity (Wildman–Crippen MR) is 77.5 cm³/mol. The molecule has 4 heteroatoms. The summed E-state index contributed by atoms with van der Waals surface area (Å²) in [6.45, 7) is 5.05. The second-order valence-corrected chi connectivity index (χ2v) is 5.76. The Kier molecular flexibility index (Phi) is 4.51. The third-order valence-corrected chi connectivity index (χ3v) is 3.78. The van der Waals surface area contributed by atoms with Crippen molar-refractivity contribution < 1.29 is 9.47 Å². The molecule has 0 aliphatic carbocycles. The average Bonchev–Trinajstić information content (AvgIpc) is 2.32. The molecule has 2 atom stereocenters. The van der Waals surface area contributed by atoms with Crippen LogP contribution in [0.4, 0.5) is 5.69 Å². The summed E-state index contributed by atoms with van der Waals surface area (Å²) in [5.41, 5.74) is 2.29. The van der Waals surface area contributed by atoms with Crippen molar-refractivity contribution in [3.05, 3.63) is 22.2 Å². The van der Waals surface area contributed by atoms with Gasteiger partial charge < -0.3 is 14.8 Å². The molecule has 0 amide bonds. The maximum atomic E-state index is 5.57. The van der Waals surface area contributed by atoms with E-state index in [1.165, 1.54) is 5.56 Å². The molecule has 0 bridgehead atoms. The van der Waals surface area contributed by atoms with Crippen molar-refractivity contribution in [2.45, 2.75) is 38.8 Å². The molecule has 0 radical (unpaired) electrons. The highest BCUT2D eigenvalue weighted by atomic mass is 79.9. The van der Waals surface area contributed by atoms with E-state index >= 15 is 0 Å². The SMILES string of the molecule is COc1cc(Br)cc(C)c1NC1CCOC(C)C1. The topological polar surface area (TPSA) is 30.5 Å². The number of nitrogens with one attached hydrogen (secondary N) is 1. The lowest BCUT2D eigenvalue weighted by molar-refractivity contribution is 0.0232. The fourth-order valence-electron chi connectivity index (χ4n) is 2.39. The van der Waals surface area contributed by atoms with Gasteiger partial charge in [0.25, 0.3) is 0 Å². The molecule has 18 heavy (non-hydrogen) atoms. The van der Waals surface area contributed by atoms with Gasteiger partial charge in [0, 0.05) is 17.1 Å². The van der Waals surface area contributed by atoms with Gasteiger partial charge in [0.05, 0.1) is 18.9 Å². The van der Waals surface area contributed by atoms with Gasteiger partial charge in [-0.1, -0.05) is 15.9 Å². The zero-order valence-corrected chi connectivity index (χ0v) is 12.7. The van der Waals surface area contributed by atoms with Gasteiger partial charge in [-0.2, -0.15) is 0 Å². The Bertz CT molecular complexity index is 423. The second-order valence-electron chi connectivity index (χ2n) is 4.85. The Balaban J connectivity index is 2.17. The minimum atomic E-state index is 0.331. The molecule has 1 N–H and O–H groups in total. The normalized spacial score (nSPS) is 23.8. The molecule has 1 aromatic carbocycles. The van der Waals surface area contributed by atoms with E-state index < -0.39 is 0 Å². The Morgan fingerprint density at radius 1 is 1.44 bits per heavy atom. The van der Waals surface area contributed by atoms with Crippen LogP contribution in [0.3, 0.4) is 0 Å². The first-order valence-electron chi connectivity index (χ1n) is 6.32. The van der Waals surface area contributed by atoms with Gasteiger partial charge in [0.15, 0.2) is 0 Å². The van der Waals surface area contributed by atoms with Gasteiger partial charge in [-0.15, -0.1) is 0 Å². The van der Waals surface area contributed by atoms with Gasteiger partial charge in [-0.25, -0.2) is 0 Å². The number of aryl methyl sites for hydroxylation is 1. The fraction of sp³-hybridized carbons (Fsp3) is 0.571. The molecule has 1 aliphatic heterocycles. The van der Waals surface area contributed by atoms with Crippen molar-refractivity contribution in [2.24, 2.45) is 0 Å². The second kappa shape index (κ2) is 5.93. The molecule has 1 heterocycles. The molecule has 1 aliphatic rings.